The summed E-state index contributed by atoms with van der Waals surface area (Å²) in [5.41, 5.74) is 0.0871. The molecule has 0 atom stereocenters. The van der Waals surface area contributed by atoms with Gasteiger partial charge in [0.1, 0.15) is 6.61 Å². The van der Waals surface area contributed by atoms with E-state index in [9.17, 15) is 14.9 Å². The van der Waals surface area contributed by atoms with Crippen LogP contribution in [0.5, 0.6) is 11.5 Å². The van der Waals surface area contributed by atoms with Gasteiger partial charge in [0.15, 0.2) is 11.5 Å². The molecule has 0 radical (unpaired) electrons. The molecule has 1 aromatic rings. The van der Waals surface area contributed by atoms with E-state index in [1.807, 2.05) is 6.92 Å². The van der Waals surface area contributed by atoms with Crippen molar-refractivity contribution in [3.63, 3.8) is 0 Å². The number of ether oxygens (including phenoxy) is 3. The summed E-state index contributed by atoms with van der Waals surface area (Å²) in [5, 5.41) is 11.0. The number of nitrogens with zero attached hydrogens (tertiary/aromatic N) is 1. The minimum Gasteiger partial charge on any atom is -0.493 e. The summed E-state index contributed by atoms with van der Waals surface area (Å²) in [4.78, 5) is 21.8. The molecule has 0 bridgehead atoms. The van der Waals surface area contributed by atoms with Crippen LogP contribution in [0, 0.1) is 10.1 Å². The zero-order chi connectivity index (χ0) is 15.1. The van der Waals surface area contributed by atoms with Gasteiger partial charge in [0, 0.05) is 6.42 Å². The molecule has 7 nitrogen and oxygen atoms in total. The second-order valence-electron chi connectivity index (χ2n) is 4.00. The van der Waals surface area contributed by atoms with Gasteiger partial charge in [0.2, 0.25) is 0 Å². The summed E-state index contributed by atoms with van der Waals surface area (Å²) < 4.78 is 15.1. The van der Waals surface area contributed by atoms with E-state index in [1.165, 1.54) is 26.4 Å². The van der Waals surface area contributed by atoms with Crippen molar-refractivity contribution in [2.24, 2.45) is 0 Å². The number of nitro benzene ring substituents is 1. The number of esters is 1. The summed E-state index contributed by atoms with van der Waals surface area (Å²) >= 11 is 0. The van der Waals surface area contributed by atoms with E-state index in [1.54, 1.807) is 0 Å². The average Bonchev–Trinajstić information content (AvgIpc) is 2.44. The monoisotopic (exact) mass is 283 g/mol. The number of nitro groups is 1. The molecular weight excluding hydrogens is 266 g/mol. The Morgan fingerprint density at radius 1 is 1.25 bits per heavy atom. The van der Waals surface area contributed by atoms with E-state index in [0.29, 0.717) is 12.2 Å². The first kappa shape index (κ1) is 15.7. The van der Waals surface area contributed by atoms with E-state index < -0.39 is 10.9 Å². The van der Waals surface area contributed by atoms with Gasteiger partial charge in [-0.1, -0.05) is 6.92 Å². The Morgan fingerprint density at radius 3 is 2.35 bits per heavy atom. The molecule has 1 rings (SSSR count). The normalized spacial score (nSPS) is 9.95. The second kappa shape index (κ2) is 7.32. The average molecular weight is 283 g/mol. The molecule has 7 heteroatoms. The quantitative estimate of drug-likeness (QED) is 0.434. The third-order valence-electron chi connectivity index (χ3n) is 2.62. The van der Waals surface area contributed by atoms with Crippen molar-refractivity contribution in [3.8, 4) is 11.5 Å². The first-order valence-electron chi connectivity index (χ1n) is 6.08. The highest BCUT2D eigenvalue weighted by molar-refractivity contribution is 5.69. The maximum absolute atomic E-state index is 11.3. The molecule has 110 valence electrons. The topological polar surface area (TPSA) is 87.9 Å². The number of hydrogen-bond donors (Lipinski definition) is 0. The highest BCUT2D eigenvalue weighted by Crippen LogP contribution is 2.34. The summed E-state index contributed by atoms with van der Waals surface area (Å²) in [6.45, 7) is 1.68. The van der Waals surface area contributed by atoms with Crippen LogP contribution in [0.4, 0.5) is 5.69 Å². The molecule has 0 aliphatic carbocycles. The SMILES string of the molecule is CCCC(=O)OCc1cc(OC)c(OC)cc1[N+](=O)[O-]. The van der Waals surface area contributed by atoms with Crippen LogP contribution in [0.2, 0.25) is 0 Å². The van der Waals surface area contributed by atoms with Crippen LogP contribution in [0.15, 0.2) is 12.1 Å². The lowest BCUT2D eigenvalue weighted by Gasteiger charge is -2.10. The predicted octanol–water partition coefficient (Wildman–Crippen LogP) is 2.46. The van der Waals surface area contributed by atoms with Crippen molar-refractivity contribution in [2.75, 3.05) is 14.2 Å². The zero-order valence-corrected chi connectivity index (χ0v) is 11.7. The third-order valence-corrected chi connectivity index (χ3v) is 2.62. The Kier molecular flexibility index (Phi) is 5.76. The number of carbonyl (C=O) groups is 1. The lowest BCUT2D eigenvalue weighted by molar-refractivity contribution is -0.385. The van der Waals surface area contributed by atoms with Gasteiger partial charge in [-0.25, -0.2) is 0 Å². The van der Waals surface area contributed by atoms with Crippen molar-refractivity contribution in [1.82, 2.24) is 0 Å². The molecule has 0 aliphatic rings. The van der Waals surface area contributed by atoms with Crippen molar-refractivity contribution in [1.29, 1.82) is 0 Å². The van der Waals surface area contributed by atoms with Crippen LogP contribution in [0.3, 0.4) is 0 Å². The van der Waals surface area contributed by atoms with Gasteiger partial charge in [0.05, 0.1) is 30.8 Å². The lowest BCUT2D eigenvalue weighted by Crippen LogP contribution is -2.06. The summed E-state index contributed by atoms with van der Waals surface area (Å²) in [6, 6.07) is 2.69. The molecule has 0 fully saturated rings. The molecule has 20 heavy (non-hydrogen) atoms. The predicted molar refractivity (Wildman–Crippen MR) is 70.9 cm³/mol. The molecule has 0 N–H and O–H groups in total. The minimum absolute atomic E-state index is 0.171. The molecular formula is C13H17NO6. The largest absolute Gasteiger partial charge is 0.493 e. The van der Waals surface area contributed by atoms with Gasteiger partial charge >= 0.3 is 5.97 Å². The van der Waals surface area contributed by atoms with Gasteiger partial charge < -0.3 is 14.2 Å². The molecule has 1 aromatic carbocycles. The van der Waals surface area contributed by atoms with E-state index in [0.717, 1.165) is 0 Å². The molecule has 0 aromatic heterocycles. The summed E-state index contributed by atoms with van der Waals surface area (Å²) in [7, 11) is 2.82. The van der Waals surface area contributed by atoms with Crippen LogP contribution in [-0.2, 0) is 16.1 Å². The van der Waals surface area contributed by atoms with Gasteiger partial charge in [0.25, 0.3) is 5.69 Å². The smallest absolute Gasteiger partial charge is 0.306 e. The Bertz CT molecular complexity index is 500. The Labute approximate surface area is 116 Å². The van der Waals surface area contributed by atoms with Crippen LogP contribution >= 0.6 is 0 Å². The Balaban J connectivity index is 3.03. The minimum atomic E-state index is -0.551. The zero-order valence-electron chi connectivity index (χ0n) is 11.7. The molecule has 0 aliphatic heterocycles. The number of methoxy groups -OCH3 is 2. The van der Waals surface area contributed by atoms with Crippen molar-refractivity contribution in [3.05, 3.63) is 27.8 Å². The lowest BCUT2D eigenvalue weighted by atomic mass is 10.1. The molecule has 0 heterocycles. The first-order chi connectivity index (χ1) is 9.53. The van der Waals surface area contributed by atoms with Crippen molar-refractivity contribution in [2.45, 2.75) is 26.4 Å². The number of benzene rings is 1. The Hall–Kier alpha value is -2.31. The fourth-order valence-corrected chi connectivity index (χ4v) is 1.63. The second-order valence-corrected chi connectivity index (χ2v) is 4.00. The van der Waals surface area contributed by atoms with Crippen LogP contribution < -0.4 is 9.47 Å². The maximum Gasteiger partial charge on any atom is 0.306 e. The fourth-order valence-electron chi connectivity index (χ4n) is 1.63. The molecule has 0 amide bonds. The fraction of sp³-hybridized carbons (Fsp3) is 0.462. The van der Waals surface area contributed by atoms with Crippen LogP contribution in [0.1, 0.15) is 25.3 Å². The van der Waals surface area contributed by atoms with E-state index in [4.69, 9.17) is 14.2 Å². The van der Waals surface area contributed by atoms with Gasteiger partial charge in [-0.3, -0.25) is 14.9 Å². The molecule has 0 saturated carbocycles. The highest BCUT2D eigenvalue weighted by atomic mass is 16.6. The number of carbonyl (C=O) groups excluding carboxylic acids is 1. The van der Waals surface area contributed by atoms with Crippen molar-refractivity contribution < 1.29 is 23.9 Å². The van der Waals surface area contributed by atoms with Gasteiger partial charge in [-0.05, 0) is 12.5 Å². The van der Waals surface area contributed by atoms with Gasteiger partial charge in [-0.15, -0.1) is 0 Å². The molecule has 0 spiro atoms. The number of rotatable bonds is 7. The third kappa shape index (κ3) is 3.84. The van der Waals surface area contributed by atoms with Crippen LogP contribution in [-0.4, -0.2) is 25.1 Å². The summed E-state index contributed by atoms with van der Waals surface area (Å²) in [6.07, 6.45) is 0.938. The van der Waals surface area contributed by atoms with Crippen molar-refractivity contribution >= 4 is 11.7 Å². The standard InChI is InChI=1S/C13H17NO6/c1-4-5-13(15)20-8-9-6-11(18-2)12(19-3)7-10(9)14(16)17/h6-7H,4-5,8H2,1-3H3. The molecule has 0 saturated heterocycles. The van der Waals surface area contributed by atoms with Crippen LogP contribution in [0.25, 0.3) is 0 Å². The highest BCUT2D eigenvalue weighted by Gasteiger charge is 2.20. The first-order valence-corrected chi connectivity index (χ1v) is 6.08. The Morgan fingerprint density at radius 2 is 1.85 bits per heavy atom. The molecule has 0 unspecified atom stereocenters. The number of hydrogen-bond acceptors (Lipinski definition) is 6. The van der Waals surface area contributed by atoms with E-state index in [2.05, 4.69) is 0 Å². The maximum atomic E-state index is 11.3. The van der Waals surface area contributed by atoms with Gasteiger partial charge in [-0.2, -0.15) is 0 Å². The van der Waals surface area contributed by atoms with E-state index >= 15 is 0 Å². The summed E-state index contributed by atoms with van der Waals surface area (Å²) in [5.74, 6) is 0.207. The van der Waals surface area contributed by atoms with E-state index in [-0.39, 0.29) is 30.0 Å².